The smallest absolute Gasteiger partial charge is 0.319 e. The van der Waals surface area contributed by atoms with Gasteiger partial charge in [0.05, 0.1) is 17.0 Å². The molecule has 0 spiro atoms. The van der Waals surface area contributed by atoms with Crippen molar-refractivity contribution in [2.45, 2.75) is 19.3 Å². The molecule has 0 atom stereocenters. The summed E-state index contributed by atoms with van der Waals surface area (Å²) < 4.78 is 0. The quantitative estimate of drug-likeness (QED) is 0.780. The van der Waals surface area contributed by atoms with E-state index in [-0.39, 0.29) is 6.54 Å². The van der Waals surface area contributed by atoms with Crippen molar-refractivity contribution in [1.29, 1.82) is 5.26 Å². The van der Waals surface area contributed by atoms with Crippen molar-refractivity contribution >= 4 is 17.7 Å². The van der Waals surface area contributed by atoms with Gasteiger partial charge in [-0.3, -0.25) is 4.79 Å². The molecule has 0 heterocycles. The Morgan fingerprint density at radius 3 is 2.70 bits per heavy atom. The predicted molar refractivity (Wildman–Crippen MR) is 72.1 cm³/mol. The molecule has 0 radical (unpaired) electrons. The molecule has 1 fully saturated rings. The highest BCUT2D eigenvalue weighted by Gasteiger charge is 2.44. The van der Waals surface area contributed by atoms with Crippen molar-refractivity contribution in [3.63, 3.8) is 0 Å². The number of carboxylic acid groups (broad SMARTS) is 1. The maximum absolute atomic E-state index is 11.7. The lowest BCUT2D eigenvalue weighted by Crippen LogP contribution is -2.48. The van der Waals surface area contributed by atoms with Crippen molar-refractivity contribution in [3.05, 3.63) is 29.8 Å². The third-order valence-electron chi connectivity index (χ3n) is 3.60. The number of urea groups is 1. The van der Waals surface area contributed by atoms with E-state index >= 15 is 0 Å². The van der Waals surface area contributed by atoms with E-state index in [0.29, 0.717) is 24.1 Å². The van der Waals surface area contributed by atoms with Crippen molar-refractivity contribution in [3.8, 4) is 6.07 Å². The molecule has 1 saturated carbocycles. The molecular formula is C14H15N3O3. The summed E-state index contributed by atoms with van der Waals surface area (Å²) in [5.41, 5.74) is 0.134. The zero-order chi connectivity index (χ0) is 14.6. The first-order chi connectivity index (χ1) is 9.55. The summed E-state index contributed by atoms with van der Waals surface area (Å²) in [6.07, 6.45) is 2.05. The summed E-state index contributed by atoms with van der Waals surface area (Å²) in [4.78, 5) is 22.9. The first-order valence-corrected chi connectivity index (χ1v) is 6.34. The van der Waals surface area contributed by atoms with Crippen LogP contribution in [-0.2, 0) is 4.79 Å². The van der Waals surface area contributed by atoms with Crippen LogP contribution in [0.15, 0.2) is 24.3 Å². The van der Waals surface area contributed by atoms with E-state index in [1.54, 1.807) is 24.3 Å². The fraction of sp³-hybridized carbons (Fsp3) is 0.357. The summed E-state index contributed by atoms with van der Waals surface area (Å²) in [5, 5.41) is 23.1. The Bertz CT molecular complexity index is 573. The minimum Gasteiger partial charge on any atom is -0.481 e. The van der Waals surface area contributed by atoms with Crippen LogP contribution < -0.4 is 10.6 Å². The van der Waals surface area contributed by atoms with Gasteiger partial charge in [0.1, 0.15) is 0 Å². The largest absolute Gasteiger partial charge is 0.481 e. The Labute approximate surface area is 116 Å². The van der Waals surface area contributed by atoms with Crippen LogP contribution in [0.2, 0.25) is 0 Å². The van der Waals surface area contributed by atoms with Crippen molar-refractivity contribution in [2.24, 2.45) is 5.41 Å². The number of hydrogen-bond acceptors (Lipinski definition) is 3. The lowest BCUT2D eigenvalue weighted by atomic mass is 9.69. The number of nitrogens with one attached hydrogen (secondary N) is 2. The molecule has 1 aromatic carbocycles. The first-order valence-electron chi connectivity index (χ1n) is 6.34. The number of carbonyl (C=O) groups excluding carboxylic acids is 1. The minimum absolute atomic E-state index is 0.117. The van der Waals surface area contributed by atoms with Crippen LogP contribution in [0.5, 0.6) is 0 Å². The first kappa shape index (κ1) is 13.9. The molecule has 20 heavy (non-hydrogen) atoms. The third-order valence-corrected chi connectivity index (χ3v) is 3.60. The molecule has 0 aromatic heterocycles. The van der Waals surface area contributed by atoms with Gasteiger partial charge in [-0.25, -0.2) is 4.79 Å². The number of nitriles is 1. The van der Waals surface area contributed by atoms with Crippen LogP contribution in [0.4, 0.5) is 10.5 Å². The van der Waals surface area contributed by atoms with Crippen LogP contribution in [0.25, 0.3) is 0 Å². The van der Waals surface area contributed by atoms with Crippen LogP contribution >= 0.6 is 0 Å². The van der Waals surface area contributed by atoms with E-state index in [9.17, 15) is 9.59 Å². The SMILES string of the molecule is N#Cc1cccc(NC(=O)NCC2(C(=O)O)CCC2)c1. The van der Waals surface area contributed by atoms with Gasteiger partial charge in [-0.05, 0) is 31.0 Å². The third kappa shape index (κ3) is 2.88. The molecule has 1 aliphatic rings. The Hall–Kier alpha value is -2.55. The lowest BCUT2D eigenvalue weighted by Gasteiger charge is -2.37. The van der Waals surface area contributed by atoms with Gasteiger partial charge in [0.2, 0.25) is 0 Å². The summed E-state index contributed by atoms with van der Waals surface area (Å²) in [7, 11) is 0. The zero-order valence-electron chi connectivity index (χ0n) is 10.8. The van der Waals surface area contributed by atoms with Crippen LogP contribution in [0.3, 0.4) is 0 Å². The number of carboxylic acids is 1. The zero-order valence-corrected chi connectivity index (χ0v) is 10.8. The van der Waals surface area contributed by atoms with Crippen molar-refractivity contribution in [1.82, 2.24) is 5.32 Å². The number of benzene rings is 1. The monoisotopic (exact) mass is 273 g/mol. The fourth-order valence-corrected chi connectivity index (χ4v) is 2.16. The normalized spacial score (nSPS) is 15.6. The van der Waals surface area contributed by atoms with E-state index in [4.69, 9.17) is 10.4 Å². The maximum Gasteiger partial charge on any atom is 0.319 e. The minimum atomic E-state index is -0.865. The molecule has 6 nitrogen and oxygen atoms in total. The Kier molecular flexibility index (Phi) is 3.89. The molecule has 0 unspecified atom stereocenters. The molecule has 2 amide bonds. The van der Waals surface area contributed by atoms with Crippen LogP contribution in [-0.4, -0.2) is 23.7 Å². The van der Waals surface area contributed by atoms with Gasteiger partial charge >= 0.3 is 12.0 Å². The molecule has 3 N–H and O–H groups in total. The van der Waals surface area contributed by atoms with Gasteiger partial charge in [-0.1, -0.05) is 12.5 Å². The van der Waals surface area contributed by atoms with E-state index in [2.05, 4.69) is 10.6 Å². The van der Waals surface area contributed by atoms with E-state index in [1.165, 1.54) is 0 Å². The molecule has 6 heteroatoms. The maximum atomic E-state index is 11.7. The van der Waals surface area contributed by atoms with Crippen LogP contribution in [0.1, 0.15) is 24.8 Å². The number of nitrogens with zero attached hydrogens (tertiary/aromatic N) is 1. The molecule has 0 bridgehead atoms. The Morgan fingerprint density at radius 2 is 2.15 bits per heavy atom. The second kappa shape index (κ2) is 5.61. The van der Waals surface area contributed by atoms with Crippen LogP contribution in [0, 0.1) is 16.7 Å². The topological polar surface area (TPSA) is 102 Å². The number of anilines is 1. The van der Waals surface area contributed by atoms with Gasteiger partial charge in [0.25, 0.3) is 0 Å². The molecule has 1 aliphatic carbocycles. The molecule has 0 aliphatic heterocycles. The number of rotatable bonds is 4. The lowest BCUT2D eigenvalue weighted by molar-refractivity contribution is -0.153. The molecule has 1 aromatic rings. The number of amides is 2. The van der Waals surface area contributed by atoms with E-state index in [1.807, 2.05) is 6.07 Å². The second-order valence-corrected chi connectivity index (χ2v) is 4.94. The van der Waals surface area contributed by atoms with E-state index < -0.39 is 17.4 Å². The molecule has 0 saturated heterocycles. The summed E-state index contributed by atoms with van der Waals surface area (Å²) in [5.74, 6) is -0.865. The van der Waals surface area contributed by atoms with Gasteiger partial charge in [0, 0.05) is 12.2 Å². The summed E-state index contributed by atoms with van der Waals surface area (Å²) in [6, 6.07) is 8.03. The standard InChI is InChI=1S/C14H15N3O3/c15-8-10-3-1-4-11(7-10)17-13(20)16-9-14(12(18)19)5-2-6-14/h1,3-4,7H,2,5-6,9H2,(H,18,19)(H2,16,17,20). The van der Waals surface area contributed by atoms with Gasteiger partial charge in [0.15, 0.2) is 0 Å². The highest BCUT2D eigenvalue weighted by Crippen LogP contribution is 2.40. The van der Waals surface area contributed by atoms with Gasteiger partial charge < -0.3 is 15.7 Å². The second-order valence-electron chi connectivity index (χ2n) is 4.94. The Balaban J connectivity index is 1.89. The Morgan fingerprint density at radius 1 is 1.40 bits per heavy atom. The highest BCUT2D eigenvalue weighted by atomic mass is 16.4. The predicted octanol–water partition coefficient (Wildman–Crippen LogP) is 1.93. The van der Waals surface area contributed by atoms with Crippen molar-refractivity contribution in [2.75, 3.05) is 11.9 Å². The molecule has 104 valence electrons. The summed E-state index contributed by atoms with van der Waals surface area (Å²) >= 11 is 0. The number of aliphatic carboxylic acids is 1. The van der Waals surface area contributed by atoms with Gasteiger partial charge in [-0.15, -0.1) is 0 Å². The fourth-order valence-electron chi connectivity index (χ4n) is 2.16. The molecule has 2 rings (SSSR count). The summed E-state index contributed by atoms with van der Waals surface area (Å²) in [6.45, 7) is 0.117. The van der Waals surface area contributed by atoms with E-state index in [0.717, 1.165) is 6.42 Å². The average molecular weight is 273 g/mol. The van der Waals surface area contributed by atoms with Gasteiger partial charge in [-0.2, -0.15) is 5.26 Å². The molecular weight excluding hydrogens is 258 g/mol. The average Bonchev–Trinajstić information content (AvgIpc) is 2.37. The number of carbonyl (C=O) groups is 2. The number of hydrogen-bond donors (Lipinski definition) is 3. The highest BCUT2D eigenvalue weighted by molar-refractivity contribution is 5.90. The van der Waals surface area contributed by atoms with Crippen molar-refractivity contribution < 1.29 is 14.7 Å².